The van der Waals surface area contributed by atoms with Gasteiger partial charge in [-0.1, -0.05) is 19.9 Å². The van der Waals surface area contributed by atoms with Gasteiger partial charge in [0.25, 0.3) is 0 Å². The first-order valence-electron chi connectivity index (χ1n) is 6.56. The average molecular weight is 267 g/mol. The van der Waals surface area contributed by atoms with Gasteiger partial charge in [-0.2, -0.15) is 5.48 Å². The van der Waals surface area contributed by atoms with Crippen LogP contribution in [0.5, 0.6) is 11.5 Å². The van der Waals surface area contributed by atoms with E-state index >= 15 is 0 Å². The Hall–Kier alpha value is -1.55. The molecule has 0 fully saturated rings. The van der Waals surface area contributed by atoms with Crippen LogP contribution in [0.15, 0.2) is 30.9 Å². The molecule has 0 atom stereocenters. The zero-order valence-electron chi connectivity index (χ0n) is 11.6. The van der Waals surface area contributed by atoms with E-state index in [1.54, 1.807) is 12.1 Å². The normalized spacial score (nSPS) is 10.5. The lowest BCUT2D eigenvalue weighted by Gasteiger charge is -2.11. The van der Waals surface area contributed by atoms with Crippen LogP contribution in [0.3, 0.4) is 0 Å². The molecule has 0 spiro atoms. The molecule has 0 saturated heterocycles. The maximum absolute atomic E-state index is 13.5. The lowest BCUT2D eigenvalue weighted by molar-refractivity contribution is 0.192. The summed E-state index contributed by atoms with van der Waals surface area (Å²) in [4.78, 5) is 5.32. The Bertz CT molecular complexity index is 394. The summed E-state index contributed by atoms with van der Waals surface area (Å²) in [7, 11) is 0. The highest BCUT2D eigenvalue weighted by Crippen LogP contribution is 2.23. The van der Waals surface area contributed by atoms with Gasteiger partial charge < -0.3 is 9.57 Å². The number of nitrogens with one attached hydrogen (secondary N) is 1. The number of rotatable bonds is 9. The van der Waals surface area contributed by atoms with Crippen LogP contribution in [0.2, 0.25) is 0 Å². The molecular formula is C15H22FNO2. The van der Waals surface area contributed by atoms with Crippen LogP contribution in [-0.4, -0.2) is 13.2 Å². The van der Waals surface area contributed by atoms with Gasteiger partial charge in [-0.3, -0.25) is 0 Å². The van der Waals surface area contributed by atoms with Gasteiger partial charge in [0.1, 0.15) is 0 Å². The largest absolute Gasteiger partial charge is 0.490 e. The number of hydrogen-bond donors (Lipinski definition) is 1. The van der Waals surface area contributed by atoms with Crippen molar-refractivity contribution >= 4 is 0 Å². The number of halogens is 1. The molecule has 0 aromatic heterocycles. The third-order valence-electron chi connectivity index (χ3n) is 2.35. The molecule has 1 N–H and O–H groups in total. The Kier molecular flexibility index (Phi) is 6.97. The van der Waals surface area contributed by atoms with Crippen molar-refractivity contribution in [1.82, 2.24) is 5.48 Å². The highest BCUT2D eigenvalue weighted by molar-refractivity contribution is 5.34. The molecule has 0 aliphatic heterocycles. The van der Waals surface area contributed by atoms with Gasteiger partial charge in [-0.05, 0) is 30.9 Å². The van der Waals surface area contributed by atoms with Gasteiger partial charge in [0.2, 0.25) is 0 Å². The predicted molar refractivity (Wildman–Crippen MR) is 74.8 cm³/mol. The molecule has 0 aliphatic rings. The van der Waals surface area contributed by atoms with Gasteiger partial charge in [-0.15, -0.1) is 6.58 Å². The number of hydrogen-bond acceptors (Lipinski definition) is 3. The molecule has 106 valence electrons. The van der Waals surface area contributed by atoms with Crippen LogP contribution in [0.4, 0.5) is 4.39 Å². The van der Waals surface area contributed by atoms with Crippen molar-refractivity contribution in [2.24, 2.45) is 5.92 Å². The second kappa shape index (κ2) is 8.53. The van der Waals surface area contributed by atoms with E-state index < -0.39 is 0 Å². The summed E-state index contributed by atoms with van der Waals surface area (Å²) >= 11 is 0. The van der Waals surface area contributed by atoms with E-state index in [1.165, 1.54) is 6.07 Å². The second-order valence-electron chi connectivity index (χ2n) is 4.72. The number of allylic oxidation sites excluding steroid dienone is 1. The molecule has 1 rings (SSSR count). The molecule has 0 saturated carbocycles. The van der Waals surface area contributed by atoms with Crippen LogP contribution in [0.25, 0.3) is 0 Å². The molecule has 0 bridgehead atoms. The summed E-state index contributed by atoms with van der Waals surface area (Å²) in [6.45, 7) is 8.87. The smallest absolute Gasteiger partial charge is 0.165 e. The van der Waals surface area contributed by atoms with E-state index in [2.05, 4.69) is 12.1 Å². The van der Waals surface area contributed by atoms with Crippen LogP contribution in [-0.2, 0) is 0 Å². The fraction of sp³-hybridized carbons (Fsp3) is 0.467. The molecule has 0 amide bonds. The van der Waals surface area contributed by atoms with E-state index in [0.717, 1.165) is 12.8 Å². The monoisotopic (exact) mass is 267 g/mol. The highest BCUT2D eigenvalue weighted by Gasteiger charge is 2.07. The fourth-order valence-electron chi connectivity index (χ4n) is 1.37. The Balaban J connectivity index is 2.45. The maximum atomic E-state index is 13.5. The van der Waals surface area contributed by atoms with E-state index in [4.69, 9.17) is 9.57 Å². The molecule has 3 nitrogen and oxygen atoms in total. The summed E-state index contributed by atoms with van der Waals surface area (Å²) in [5, 5.41) is 0. The van der Waals surface area contributed by atoms with Gasteiger partial charge >= 0.3 is 0 Å². The van der Waals surface area contributed by atoms with E-state index in [-0.39, 0.29) is 11.6 Å². The number of benzene rings is 1. The van der Waals surface area contributed by atoms with Gasteiger partial charge in [0, 0.05) is 12.6 Å². The minimum atomic E-state index is -0.375. The third kappa shape index (κ3) is 6.25. The molecule has 0 heterocycles. The Labute approximate surface area is 114 Å². The van der Waals surface area contributed by atoms with Crippen molar-refractivity contribution in [3.05, 3.63) is 36.7 Å². The van der Waals surface area contributed by atoms with Crippen LogP contribution in [0.1, 0.15) is 26.7 Å². The highest BCUT2D eigenvalue weighted by atomic mass is 19.1. The Morgan fingerprint density at radius 2 is 2.21 bits per heavy atom. The lowest BCUT2D eigenvalue weighted by atomic mass is 10.2. The second-order valence-corrected chi connectivity index (χ2v) is 4.72. The SMILES string of the molecule is C=CCCCNOc1ccc(F)c(OCC(C)C)c1. The first kappa shape index (κ1) is 15.5. The minimum absolute atomic E-state index is 0.221. The summed E-state index contributed by atoms with van der Waals surface area (Å²) in [5.41, 5.74) is 2.82. The average Bonchev–Trinajstić information content (AvgIpc) is 2.38. The molecule has 1 aromatic rings. The van der Waals surface area contributed by atoms with Gasteiger partial charge in [0.15, 0.2) is 17.3 Å². The van der Waals surface area contributed by atoms with Crippen molar-refractivity contribution in [2.75, 3.05) is 13.2 Å². The third-order valence-corrected chi connectivity index (χ3v) is 2.35. The molecular weight excluding hydrogens is 245 g/mol. The van der Waals surface area contributed by atoms with E-state index in [0.29, 0.717) is 24.8 Å². The Morgan fingerprint density at radius 1 is 1.42 bits per heavy atom. The van der Waals surface area contributed by atoms with Crippen molar-refractivity contribution in [3.8, 4) is 11.5 Å². The zero-order valence-corrected chi connectivity index (χ0v) is 11.6. The van der Waals surface area contributed by atoms with E-state index in [1.807, 2.05) is 19.9 Å². The van der Waals surface area contributed by atoms with Gasteiger partial charge in [-0.25, -0.2) is 4.39 Å². The summed E-state index contributed by atoms with van der Waals surface area (Å²) in [6.07, 6.45) is 3.74. The van der Waals surface area contributed by atoms with Crippen molar-refractivity contribution in [2.45, 2.75) is 26.7 Å². The molecule has 1 aromatic carbocycles. The Morgan fingerprint density at radius 3 is 2.89 bits per heavy atom. The van der Waals surface area contributed by atoms with Crippen molar-refractivity contribution in [1.29, 1.82) is 0 Å². The quantitative estimate of drug-likeness (QED) is 0.420. The van der Waals surface area contributed by atoms with Crippen LogP contribution in [0, 0.1) is 11.7 Å². The van der Waals surface area contributed by atoms with Gasteiger partial charge in [0.05, 0.1) is 6.61 Å². The topological polar surface area (TPSA) is 30.5 Å². The molecule has 4 heteroatoms. The maximum Gasteiger partial charge on any atom is 0.165 e. The molecule has 0 unspecified atom stereocenters. The predicted octanol–water partition coefficient (Wildman–Crippen LogP) is 3.71. The summed E-state index contributed by atoms with van der Waals surface area (Å²) in [5.74, 6) is 0.735. The number of unbranched alkanes of at least 4 members (excludes halogenated alkanes) is 1. The van der Waals surface area contributed by atoms with Crippen LogP contribution < -0.4 is 15.1 Å². The summed E-state index contributed by atoms with van der Waals surface area (Å²) < 4.78 is 18.9. The standard InChI is InChI=1S/C15H22FNO2/c1-4-5-6-9-17-19-13-7-8-14(16)15(10-13)18-11-12(2)3/h4,7-8,10,12,17H,1,5-6,9,11H2,2-3H3. The zero-order chi connectivity index (χ0) is 14.1. The molecule has 0 aliphatic carbocycles. The van der Waals surface area contributed by atoms with E-state index in [9.17, 15) is 4.39 Å². The van der Waals surface area contributed by atoms with Crippen molar-refractivity contribution < 1.29 is 14.0 Å². The first-order valence-corrected chi connectivity index (χ1v) is 6.56. The first-order chi connectivity index (χ1) is 9.13. The lowest BCUT2D eigenvalue weighted by Crippen LogP contribution is -2.19. The summed E-state index contributed by atoms with van der Waals surface area (Å²) in [6, 6.07) is 4.46. The number of ether oxygens (including phenoxy) is 1. The molecule has 0 radical (unpaired) electrons. The number of hydroxylamine groups is 1. The molecule has 19 heavy (non-hydrogen) atoms. The van der Waals surface area contributed by atoms with Crippen LogP contribution >= 0.6 is 0 Å². The fourth-order valence-corrected chi connectivity index (χ4v) is 1.37. The van der Waals surface area contributed by atoms with Crippen molar-refractivity contribution in [3.63, 3.8) is 0 Å². The minimum Gasteiger partial charge on any atom is -0.490 e.